The number of carboxylic acid groups (broad SMARTS) is 1. The first-order valence-corrected chi connectivity index (χ1v) is 6.76. The fourth-order valence-corrected chi connectivity index (χ4v) is 2.28. The maximum absolute atomic E-state index is 11.7. The van der Waals surface area contributed by atoms with Crippen LogP contribution in [0.15, 0.2) is 24.3 Å². The van der Waals surface area contributed by atoms with Crippen LogP contribution in [0.4, 0.5) is 0 Å². The summed E-state index contributed by atoms with van der Waals surface area (Å²) < 4.78 is 0. The Hall–Kier alpha value is -2.28. The smallest absolute Gasteiger partial charge is 0.335 e. The molecule has 20 heavy (non-hydrogen) atoms. The fourth-order valence-electron chi connectivity index (χ4n) is 2.28. The van der Waals surface area contributed by atoms with E-state index in [0.29, 0.717) is 6.42 Å². The Morgan fingerprint density at radius 3 is 2.65 bits per heavy atom. The maximum Gasteiger partial charge on any atom is 0.335 e. The lowest BCUT2D eigenvalue weighted by molar-refractivity contribution is -0.130. The van der Waals surface area contributed by atoms with Crippen molar-refractivity contribution < 1.29 is 14.7 Å². The summed E-state index contributed by atoms with van der Waals surface area (Å²) in [5.74, 6) is 5.34. The summed E-state index contributed by atoms with van der Waals surface area (Å²) >= 11 is 0. The summed E-state index contributed by atoms with van der Waals surface area (Å²) in [5.41, 5.74) is 1.02. The average molecular weight is 271 g/mol. The number of aromatic carboxylic acids is 1. The van der Waals surface area contributed by atoms with Crippen LogP contribution in [0.1, 0.15) is 42.1 Å². The second kappa shape index (κ2) is 6.25. The Balaban J connectivity index is 2.10. The molecule has 1 aromatic rings. The van der Waals surface area contributed by atoms with Gasteiger partial charge in [0, 0.05) is 18.5 Å². The molecule has 1 heterocycles. The van der Waals surface area contributed by atoms with Crippen LogP contribution < -0.4 is 0 Å². The lowest BCUT2D eigenvalue weighted by Gasteiger charge is -2.19. The van der Waals surface area contributed by atoms with Crippen molar-refractivity contribution in [1.82, 2.24) is 4.90 Å². The molecule has 1 amide bonds. The van der Waals surface area contributed by atoms with Crippen LogP contribution in [0.2, 0.25) is 0 Å². The first-order chi connectivity index (χ1) is 9.61. The zero-order valence-electron chi connectivity index (χ0n) is 11.4. The second-order valence-electron chi connectivity index (χ2n) is 4.75. The van der Waals surface area contributed by atoms with Gasteiger partial charge in [-0.05, 0) is 37.1 Å². The van der Waals surface area contributed by atoms with Crippen molar-refractivity contribution in [3.63, 3.8) is 0 Å². The Morgan fingerprint density at radius 1 is 1.35 bits per heavy atom. The van der Waals surface area contributed by atoms with E-state index in [0.717, 1.165) is 24.9 Å². The van der Waals surface area contributed by atoms with Gasteiger partial charge in [0.05, 0.1) is 11.6 Å². The minimum Gasteiger partial charge on any atom is -0.478 e. The maximum atomic E-state index is 11.7. The van der Waals surface area contributed by atoms with E-state index in [1.54, 1.807) is 12.1 Å². The molecule has 1 N–H and O–H groups in total. The van der Waals surface area contributed by atoms with Crippen molar-refractivity contribution >= 4 is 11.9 Å². The molecule has 0 spiro atoms. The number of benzene rings is 1. The molecule has 0 aliphatic carbocycles. The monoisotopic (exact) mass is 271 g/mol. The Morgan fingerprint density at radius 2 is 2.05 bits per heavy atom. The van der Waals surface area contributed by atoms with E-state index in [-0.39, 0.29) is 17.5 Å². The van der Waals surface area contributed by atoms with E-state index in [1.807, 2.05) is 11.8 Å². The molecule has 1 aliphatic rings. The number of likely N-dealkylation sites (tertiary alicyclic amines) is 1. The third kappa shape index (κ3) is 3.18. The summed E-state index contributed by atoms with van der Waals surface area (Å²) in [5, 5.41) is 8.82. The highest BCUT2D eigenvalue weighted by atomic mass is 16.4. The standard InChI is InChI=1S/C16H17NO3/c1-2-15(18)17-11-3-4-14(17)10-7-12-5-8-13(9-6-12)16(19)20/h5-6,8-9,14H,2-4,11H2,1H3,(H,19,20). The van der Waals surface area contributed by atoms with Crippen molar-refractivity contribution in [2.45, 2.75) is 32.2 Å². The Kier molecular flexibility index (Phi) is 4.41. The number of nitrogens with zero attached hydrogens (tertiary/aromatic N) is 1. The molecule has 0 bridgehead atoms. The Bertz CT molecular complexity index is 566. The molecule has 104 valence electrons. The number of amides is 1. The van der Waals surface area contributed by atoms with Crippen LogP contribution in [-0.2, 0) is 4.79 Å². The Labute approximate surface area is 118 Å². The van der Waals surface area contributed by atoms with Gasteiger partial charge in [0.2, 0.25) is 5.91 Å². The predicted molar refractivity (Wildman–Crippen MR) is 75.3 cm³/mol. The first kappa shape index (κ1) is 14.1. The van der Waals surface area contributed by atoms with E-state index in [1.165, 1.54) is 12.1 Å². The molecule has 0 aromatic heterocycles. The third-order valence-corrected chi connectivity index (χ3v) is 3.39. The van der Waals surface area contributed by atoms with Crippen LogP contribution in [0.25, 0.3) is 0 Å². The number of hydrogen-bond donors (Lipinski definition) is 1. The van der Waals surface area contributed by atoms with Gasteiger partial charge in [0.1, 0.15) is 0 Å². The molecule has 4 heteroatoms. The van der Waals surface area contributed by atoms with Gasteiger partial charge >= 0.3 is 5.97 Å². The molecule has 1 unspecified atom stereocenters. The topological polar surface area (TPSA) is 57.6 Å². The summed E-state index contributed by atoms with van der Waals surface area (Å²) in [6.07, 6.45) is 2.40. The summed E-state index contributed by atoms with van der Waals surface area (Å²) in [4.78, 5) is 24.3. The van der Waals surface area contributed by atoms with E-state index in [9.17, 15) is 9.59 Å². The van der Waals surface area contributed by atoms with E-state index >= 15 is 0 Å². The molecule has 1 fully saturated rings. The SMILES string of the molecule is CCC(=O)N1CCCC1C#Cc1ccc(C(=O)O)cc1. The van der Waals surface area contributed by atoms with Crippen molar-refractivity contribution in [1.29, 1.82) is 0 Å². The zero-order chi connectivity index (χ0) is 14.5. The molecular weight excluding hydrogens is 254 g/mol. The fraction of sp³-hybridized carbons (Fsp3) is 0.375. The number of rotatable bonds is 2. The van der Waals surface area contributed by atoms with E-state index in [2.05, 4.69) is 11.8 Å². The average Bonchev–Trinajstić information content (AvgIpc) is 2.93. The van der Waals surface area contributed by atoms with Crippen LogP contribution in [0.3, 0.4) is 0 Å². The number of carbonyl (C=O) groups is 2. The van der Waals surface area contributed by atoms with Crippen molar-refractivity contribution in [3.05, 3.63) is 35.4 Å². The van der Waals surface area contributed by atoms with E-state index in [4.69, 9.17) is 5.11 Å². The van der Waals surface area contributed by atoms with Crippen LogP contribution in [-0.4, -0.2) is 34.5 Å². The minimum absolute atomic E-state index is 0.0124. The normalized spacial score (nSPS) is 17.4. The van der Waals surface area contributed by atoms with Crippen LogP contribution >= 0.6 is 0 Å². The van der Waals surface area contributed by atoms with Gasteiger partial charge in [-0.2, -0.15) is 0 Å². The van der Waals surface area contributed by atoms with Gasteiger partial charge in [-0.25, -0.2) is 4.79 Å². The molecule has 0 saturated carbocycles. The lowest BCUT2D eigenvalue weighted by atomic mass is 10.1. The summed E-state index contributed by atoms with van der Waals surface area (Å²) in [6, 6.07) is 6.45. The lowest BCUT2D eigenvalue weighted by Crippen LogP contribution is -2.34. The molecule has 0 radical (unpaired) electrons. The third-order valence-electron chi connectivity index (χ3n) is 3.39. The van der Waals surface area contributed by atoms with Gasteiger partial charge in [-0.1, -0.05) is 18.8 Å². The van der Waals surface area contributed by atoms with Gasteiger partial charge in [-0.15, -0.1) is 0 Å². The largest absolute Gasteiger partial charge is 0.478 e. The van der Waals surface area contributed by atoms with Crippen molar-refractivity contribution in [2.75, 3.05) is 6.54 Å². The van der Waals surface area contributed by atoms with Crippen molar-refractivity contribution in [2.24, 2.45) is 0 Å². The van der Waals surface area contributed by atoms with E-state index < -0.39 is 5.97 Å². The van der Waals surface area contributed by atoms with Gasteiger partial charge < -0.3 is 10.0 Å². The molecule has 1 aliphatic heterocycles. The van der Waals surface area contributed by atoms with Gasteiger partial charge in [0.15, 0.2) is 0 Å². The van der Waals surface area contributed by atoms with Gasteiger partial charge in [0.25, 0.3) is 0 Å². The van der Waals surface area contributed by atoms with Crippen molar-refractivity contribution in [3.8, 4) is 11.8 Å². The predicted octanol–water partition coefficient (Wildman–Crippen LogP) is 2.14. The number of carboxylic acids is 1. The molecule has 2 rings (SSSR count). The second-order valence-corrected chi connectivity index (χ2v) is 4.75. The highest BCUT2D eigenvalue weighted by Gasteiger charge is 2.25. The quantitative estimate of drug-likeness (QED) is 0.838. The molecule has 1 aromatic carbocycles. The van der Waals surface area contributed by atoms with Gasteiger partial charge in [-0.3, -0.25) is 4.79 Å². The van der Waals surface area contributed by atoms with Crippen LogP contribution in [0.5, 0.6) is 0 Å². The van der Waals surface area contributed by atoms with Crippen LogP contribution in [0, 0.1) is 11.8 Å². The molecular formula is C16H17NO3. The zero-order valence-corrected chi connectivity index (χ0v) is 11.4. The molecule has 1 atom stereocenters. The number of carbonyl (C=O) groups excluding carboxylic acids is 1. The first-order valence-electron chi connectivity index (χ1n) is 6.76. The minimum atomic E-state index is -0.944. The summed E-state index contributed by atoms with van der Waals surface area (Å²) in [7, 11) is 0. The summed E-state index contributed by atoms with van der Waals surface area (Å²) in [6.45, 7) is 2.64. The molecule has 1 saturated heterocycles. The molecule has 4 nitrogen and oxygen atoms in total. The number of hydrogen-bond acceptors (Lipinski definition) is 2. The highest BCUT2D eigenvalue weighted by Crippen LogP contribution is 2.17. The highest BCUT2D eigenvalue weighted by molar-refractivity contribution is 5.87.